The van der Waals surface area contributed by atoms with E-state index in [1.54, 1.807) is 18.4 Å². The molecule has 1 fully saturated rings. The Morgan fingerprint density at radius 2 is 2.44 bits per heavy atom. The van der Waals surface area contributed by atoms with Crippen molar-refractivity contribution in [2.45, 2.75) is 31.7 Å². The van der Waals surface area contributed by atoms with Crippen LogP contribution in [0.15, 0.2) is 6.33 Å². The third-order valence-electron chi connectivity index (χ3n) is 2.99. The number of aliphatic carboxylic acids is 1. The van der Waals surface area contributed by atoms with E-state index in [1.165, 1.54) is 6.33 Å². The Labute approximate surface area is 93.2 Å². The first-order valence-corrected chi connectivity index (χ1v) is 5.25. The van der Waals surface area contributed by atoms with E-state index in [0.717, 1.165) is 6.42 Å². The molecule has 1 saturated heterocycles. The van der Waals surface area contributed by atoms with Crippen LogP contribution in [0.1, 0.15) is 32.0 Å². The van der Waals surface area contributed by atoms with Crippen LogP contribution in [0.5, 0.6) is 0 Å². The van der Waals surface area contributed by atoms with Crippen LogP contribution >= 0.6 is 0 Å². The van der Waals surface area contributed by atoms with E-state index in [1.807, 2.05) is 0 Å². The van der Waals surface area contributed by atoms with Gasteiger partial charge in [-0.1, -0.05) is 0 Å². The fraction of sp³-hybridized carbons (Fsp3) is 0.700. The molecule has 0 spiro atoms. The van der Waals surface area contributed by atoms with Crippen LogP contribution in [-0.4, -0.2) is 39.1 Å². The van der Waals surface area contributed by atoms with Gasteiger partial charge < -0.3 is 14.4 Å². The Hall–Kier alpha value is -1.43. The molecule has 1 aliphatic rings. The number of hydrogen-bond acceptors (Lipinski definition) is 4. The van der Waals surface area contributed by atoms with E-state index in [9.17, 15) is 9.90 Å². The summed E-state index contributed by atoms with van der Waals surface area (Å²) in [6.07, 6.45) is 2.34. The molecular weight excluding hydrogens is 210 g/mol. The van der Waals surface area contributed by atoms with Gasteiger partial charge in [-0.15, -0.1) is 10.2 Å². The minimum Gasteiger partial charge on any atom is -0.480 e. The number of ether oxygens (including phenoxy) is 1. The van der Waals surface area contributed by atoms with E-state index in [4.69, 9.17) is 4.74 Å². The molecule has 6 heteroatoms. The summed E-state index contributed by atoms with van der Waals surface area (Å²) in [5.74, 6) is -0.0431. The van der Waals surface area contributed by atoms with E-state index in [0.29, 0.717) is 19.0 Å². The second-order valence-corrected chi connectivity index (χ2v) is 4.48. The first-order chi connectivity index (χ1) is 7.53. The number of carboxylic acid groups (broad SMARTS) is 1. The molecule has 0 bridgehead atoms. The van der Waals surface area contributed by atoms with Crippen LogP contribution in [0.2, 0.25) is 0 Å². The zero-order valence-corrected chi connectivity index (χ0v) is 9.38. The topological polar surface area (TPSA) is 77.2 Å². The van der Waals surface area contributed by atoms with Gasteiger partial charge in [-0.05, 0) is 20.3 Å². The lowest BCUT2D eigenvalue weighted by Crippen LogP contribution is -2.37. The van der Waals surface area contributed by atoms with Crippen LogP contribution in [0.25, 0.3) is 0 Å². The summed E-state index contributed by atoms with van der Waals surface area (Å²) in [6.45, 7) is 4.56. The Bertz CT molecular complexity index is 394. The van der Waals surface area contributed by atoms with E-state index in [-0.39, 0.29) is 5.92 Å². The Morgan fingerprint density at radius 3 is 3.00 bits per heavy atom. The monoisotopic (exact) mass is 225 g/mol. The van der Waals surface area contributed by atoms with Crippen molar-refractivity contribution in [2.24, 2.45) is 0 Å². The number of nitrogens with zero attached hydrogens (tertiary/aromatic N) is 3. The highest BCUT2D eigenvalue weighted by Crippen LogP contribution is 2.27. The van der Waals surface area contributed by atoms with Crippen molar-refractivity contribution in [1.82, 2.24) is 14.8 Å². The molecule has 0 aromatic carbocycles. The molecule has 1 N–H and O–H groups in total. The average molecular weight is 225 g/mol. The van der Waals surface area contributed by atoms with Crippen LogP contribution in [0.4, 0.5) is 0 Å². The van der Waals surface area contributed by atoms with Gasteiger partial charge in [0.2, 0.25) is 0 Å². The van der Waals surface area contributed by atoms with Crippen molar-refractivity contribution in [3.63, 3.8) is 0 Å². The molecule has 0 saturated carbocycles. The molecule has 1 unspecified atom stereocenters. The summed E-state index contributed by atoms with van der Waals surface area (Å²) in [5.41, 5.74) is -1.03. The van der Waals surface area contributed by atoms with Gasteiger partial charge in [0.15, 0.2) is 0 Å². The summed E-state index contributed by atoms with van der Waals surface area (Å²) >= 11 is 0. The third-order valence-corrected chi connectivity index (χ3v) is 2.99. The van der Waals surface area contributed by atoms with E-state index < -0.39 is 11.5 Å². The molecule has 1 aliphatic heterocycles. The van der Waals surface area contributed by atoms with Crippen LogP contribution in [0.3, 0.4) is 0 Å². The van der Waals surface area contributed by atoms with Crippen molar-refractivity contribution >= 4 is 5.97 Å². The molecular formula is C10H15N3O3. The molecule has 0 aliphatic carbocycles. The van der Waals surface area contributed by atoms with Gasteiger partial charge in [0.1, 0.15) is 17.7 Å². The molecule has 16 heavy (non-hydrogen) atoms. The lowest BCUT2D eigenvalue weighted by Gasteiger charge is -2.24. The van der Waals surface area contributed by atoms with Crippen molar-refractivity contribution in [2.75, 3.05) is 13.2 Å². The lowest BCUT2D eigenvalue weighted by molar-refractivity contribution is -0.145. The summed E-state index contributed by atoms with van der Waals surface area (Å²) in [7, 11) is 0. The van der Waals surface area contributed by atoms with Crippen molar-refractivity contribution in [3.8, 4) is 0 Å². The summed E-state index contributed by atoms with van der Waals surface area (Å²) in [4.78, 5) is 11.2. The number of rotatable bonds is 3. The van der Waals surface area contributed by atoms with Crippen LogP contribution in [0, 0.1) is 0 Å². The third kappa shape index (κ3) is 1.69. The lowest BCUT2D eigenvalue weighted by atomic mass is 10.0. The largest absolute Gasteiger partial charge is 0.480 e. The summed E-state index contributed by atoms with van der Waals surface area (Å²) < 4.78 is 6.90. The van der Waals surface area contributed by atoms with Crippen LogP contribution < -0.4 is 0 Å². The highest BCUT2D eigenvalue weighted by atomic mass is 16.5. The molecule has 88 valence electrons. The van der Waals surface area contributed by atoms with E-state index >= 15 is 0 Å². The molecule has 1 atom stereocenters. The molecule has 0 amide bonds. The molecule has 1 aromatic heterocycles. The Kier molecular flexibility index (Phi) is 2.67. The zero-order valence-electron chi connectivity index (χ0n) is 9.38. The molecule has 1 aromatic rings. The summed E-state index contributed by atoms with van der Waals surface area (Å²) in [5, 5.41) is 17.0. The van der Waals surface area contributed by atoms with Crippen molar-refractivity contribution < 1.29 is 14.6 Å². The van der Waals surface area contributed by atoms with Gasteiger partial charge in [-0.3, -0.25) is 0 Å². The maximum absolute atomic E-state index is 11.2. The quantitative estimate of drug-likeness (QED) is 0.815. The highest BCUT2D eigenvalue weighted by molar-refractivity contribution is 5.75. The molecule has 2 rings (SSSR count). The number of hydrogen-bond donors (Lipinski definition) is 1. The van der Waals surface area contributed by atoms with Gasteiger partial charge in [-0.2, -0.15) is 0 Å². The number of carbonyl (C=O) groups is 1. The Morgan fingerprint density at radius 1 is 1.69 bits per heavy atom. The fourth-order valence-corrected chi connectivity index (χ4v) is 1.79. The van der Waals surface area contributed by atoms with E-state index in [2.05, 4.69) is 10.2 Å². The second-order valence-electron chi connectivity index (χ2n) is 4.48. The molecule has 6 nitrogen and oxygen atoms in total. The average Bonchev–Trinajstić information content (AvgIpc) is 2.88. The van der Waals surface area contributed by atoms with Gasteiger partial charge in [-0.25, -0.2) is 4.79 Å². The maximum atomic E-state index is 11.2. The van der Waals surface area contributed by atoms with Gasteiger partial charge in [0.25, 0.3) is 0 Å². The molecule has 2 heterocycles. The normalized spacial score (nSPS) is 21.2. The number of carboxylic acids is 1. The fourth-order valence-electron chi connectivity index (χ4n) is 1.79. The predicted molar refractivity (Wildman–Crippen MR) is 55.2 cm³/mol. The summed E-state index contributed by atoms with van der Waals surface area (Å²) in [6, 6.07) is 0. The minimum atomic E-state index is -1.03. The van der Waals surface area contributed by atoms with Crippen LogP contribution in [-0.2, 0) is 15.1 Å². The second kappa shape index (κ2) is 3.86. The standard InChI is InChI=1S/C10H15N3O3/c1-10(2,9(14)15)13-6-11-12-8(13)7-3-4-16-5-7/h6-7H,3-5H2,1-2H3,(H,14,15). The smallest absolute Gasteiger partial charge is 0.329 e. The van der Waals surface area contributed by atoms with Gasteiger partial charge >= 0.3 is 5.97 Å². The first kappa shape index (κ1) is 11.1. The highest BCUT2D eigenvalue weighted by Gasteiger charge is 2.34. The van der Waals surface area contributed by atoms with Crippen molar-refractivity contribution in [3.05, 3.63) is 12.2 Å². The SMILES string of the molecule is CC(C)(C(=O)O)n1cnnc1C1CCOC1. The van der Waals surface area contributed by atoms with Crippen molar-refractivity contribution in [1.29, 1.82) is 0 Å². The molecule has 0 radical (unpaired) electrons. The predicted octanol–water partition coefficient (Wildman–Crippen LogP) is 0.602. The number of aromatic nitrogens is 3. The minimum absolute atomic E-state index is 0.154. The first-order valence-electron chi connectivity index (χ1n) is 5.25. The van der Waals surface area contributed by atoms with Gasteiger partial charge in [0.05, 0.1) is 6.61 Å². The Balaban J connectivity index is 2.35. The van der Waals surface area contributed by atoms with Gasteiger partial charge in [0, 0.05) is 12.5 Å². The zero-order chi connectivity index (χ0) is 11.8. The maximum Gasteiger partial charge on any atom is 0.329 e.